The topological polar surface area (TPSA) is 92.8 Å². The number of benzene rings is 2. The molecular formula is C24H18Cl2N2O5. The van der Waals surface area contributed by atoms with Crippen LogP contribution < -0.4 is 10.2 Å². The molecule has 2 fully saturated rings. The highest BCUT2D eigenvalue weighted by Crippen LogP contribution is 2.53. The Hall–Kier alpha value is -3.16. The summed E-state index contributed by atoms with van der Waals surface area (Å²) in [5.41, 5.74) is 0.746. The van der Waals surface area contributed by atoms with Gasteiger partial charge in [0, 0.05) is 0 Å². The van der Waals surface area contributed by atoms with Crippen molar-refractivity contribution in [1.82, 2.24) is 0 Å². The van der Waals surface area contributed by atoms with Gasteiger partial charge in [-0.25, -0.2) is 9.69 Å². The van der Waals surface area contributed by atoms with E-state index in [0.717, 1.165) is 6.42 Å². The Labute approximate surface area is 199 Å². The Morgan fingerprint density at radius 3 is 2.36 bits per heavy atom. The summed E-state index contributed by atoms with van der Waals surface area (Å²) in [4.78, 5) is 51.8. The number of carbonyl (C=O) groups is 4. The van der Waals surface area contributed by atoms with Crippen molar-refractivity contribution >= 4 is 58.3 Å². The Morgan fingerprint density at radius 2 is 1.67 bits per heavy atom. The molecule has 1 aliphatic heterocycles. The number of anilines is 2. The maximum Gasteiger partial charge on any atom is 0.338 e. The molecule has 7 nitrogen and oxygen atoms in total. The number of hydrogen-bond acceptors (Lipinski definition) is 5. The lowest BCUT2D eigenvalue weighted by Gasteiger charge is -2.18. The predicted octanol–water partition coefficient (Wildman–Crippen LogP) is 4.10. The molecule has 1 heterocycles. The fourth-order valence-corrected chi connectivity index (χ4v) is 5.28. The van der Waals surface area contributed by atoms with Gasteiger partial charge in [-0.15, -0.1) is 0 Å². The number of nitrogens with one attached hydrogen (secondary N) is 1. The van der Waals surface area contributed by atoms with E-state index in [4.69, 9.17) is 27.9 Å². The highest BCUT2D eigenvalue weighted by Gasteiger charge is 2.59. The van der Waals surface area contributed by atoms with Crippen molar-refractivity contribution in [2.24, 2.45) is 23.7 Å². The Kier molecular flexibility index (Phi) is 5.46. The number of ether oxygens (including phenoxy) is 1. The van der Waals surface area contributed by atoms with Gasteiger partial charge in [0.15, 0.2) is 6.61 Å². The molecule has 3 amide bonds. The van der Waals surface area contributed by atoms with E-state index in [1.54, 1.807) is 30.3 Å². The van der Waals surface area contributed by atoms with Crippen molar-refractivity contribution in [3.8, 4) is 0 Å². The van der Waals surface area contributed by atoms with Crippen LogP contribution in [0.3, 0.4) is 0 Å². The van der Waals surface area contributed by atoms with E-state index in [1.807, 2.05) is 12.2 Å². The zero-order chi connectivity index (χ0) is 23.3. The van der Waals surface area contributed by atoms with Crippen LogP contribution in [0.1, 0.15) is 16.8 Å². The van der Waals surface area contributed by atoms with Crippen LogP contribution in [0, 0.1) is 23.7 Å². The van der Waals surface area contributed by atoms with Crippen molar-refractivity contribution in [2.45, 2.75) is 6.42 Å². The van der Waals surface area contributed by atoms with E-state index in [9.17, 15) is 19.2 Å². The van der Waals surface area contributed by atoms with E-state index in [0.29, 0.717) is 11.4 Å². The molecule has 2 bridgehead atoms. The average Bonchev–Trinajstić information content (AvgIpc) is 3.49. The summed E-state index contributed by atoms with van der Waals surface area (Å²) in [5.74, 6) is -2.28. The Bertz CT molecular complexity index is 1200. The van der Waals surface area contributed by atoms with Crippen LogP contribution in [0.2, 0.25) is 10.0 Å². The third-order valence-corrected chi connectivity index (χ3v) is 7.19. The van der Waals surface area contributed by atoms with E-state index in [1.165, 1.54) is 17.0 Å². The Balaban J connectivity index is 1.25. The van der Waals surface area contributed by atoms with Gasteiger partial charge in [0.25, 0.3) is 5.91 Å². The van der Waals surface area contributed by atoms with Gasteiger partial charge in [-0.05, 0) is 48.6 Å². The number of imide groups is 1. The zero-order valence-electron chi connectivity index (χ0n) is 17.2. The van der Waals surface area contributed by atoms with Crippen molar-refractivity contribution in [3.63, 3.8) is 0 Å². The molecule has 1 saturated carbocycles. The van der Waals surface area contributed by atoms with Gasteiger partial charge in [0.05, 0.1) is 38.8 Å². The van der Waals surface area contributed by atoms with E-state index in [-0.39, 0.29) is 51.1 Å². The summed E-state index contributed by atoms with van der Waals surface area (Å²) in [6.45, 7) is -0.549. The normalized spacial score (nSPS) is 24.8. The van der Waals surface area contributed by atoms with Crippen molar-refractivity contribution < 1.29 is 23.9 Å². The Morgan fingerprint density at radius 1 is 1.00 bits per heavy atom. The third-order valence-electron chi connectivity index (χ3n) is 6.37. The minimum atomic E-state index is -0.759. The van der Waals surface area contributed by atoms with E-state index >= 15 is 0 Å². The second kappa shape index (κ2) is 8.32. The van der Waals surface area contributed by atoms with Gasteiger partial charge >= 0.3 is 5.97 Å². The number of carbonyl (C=O) groups excluding carboxylic acids is 4. The molecule has 33 heavy (non-hydrogen) atoms. The quantitative estimate of drug-likeness (QED) is 0.391. The highest BCUT2D eigenvalue weighted by atomic mass is 35.5. The molecule has 168 valence electrons. The minimum absolute atomic E-state index is 0.0982. The molecule has 4 atom stereocenters. The number of hydrogen-bond donors (Lipinski definition) is 1. The van der Waals surface area contributed by atoms with Crippen LogP contribution in [0.5, 0.6) is 0 Å². The van der Waals surface area contributed by atoms with Gasteiger partial charge in [-0.2, -0.15) is 0 Å². The number of amides is 3. The number of nitrogens with zero attached hydrogens (tertiary/aromatic N) is 1. The summed E-state index contributed by atoms with van der Waals surface area (Å²) in [5, 5.41) is 2.99. The van der Waals surface area contributed by atoms with Crippen LogP contribution in [0.15, 0.2) is 54.6 Å². The maximum absolute atomic E-state index is 13.0. The fraction of sp³-hybridized carbons (Fsp3) is 0.250. The number of esters is 1. The summed E-state index contributed by atoms with van der Waals surface area (Å²) >= 11 is 12.0. The first-order valence-corrected chi connectivity index (χ1v) is 11.2. The molecule has 2 aromatic carbocycles. The zero-order valence-corrected chi connectivity index (χ0v) is 18.7. The molecular weight excluding hydrogens is 467 g/mol. The monoisotopic (exact) mass is 484 g/mol. The lowest BCUT2D eigenvalue weighted by atomic mass is 9.85. The third kappa shape index (κ3) is 3.71. The van der Waals surface area contributed by atoms with Crippen molar-refractivity contribution in [3.05, 3.63) is 70.2 Å². The van der Waals surface area contributed by atoms with Crippen molar-refractivity contribution in [2.75, 3.05) is 16.8 Å². The number of halogens is 2. The van der Waals surface area contributed by atoms with Crippen LogP contribution in [-0.4, -0.2) is 30.3 Å². The largest absolute Gasteiger partial charge is 0.452 e. The summed E-state index contributed by atoms with van der Waals surface area (Å²) in [6, 6.07) is 10.9. The first-order valence-electron chi connectivity index (χ1n) is 10.4. The van der Waals surface area contributed by atoms with Crippen molar-refractivity contribution in [1.29, 1.82) is 0 Å². The SMILES string of the molecule is O=C(COC(=O)c1cccc(N2C(=O)[C@@H]3[C@H](C2=O)[C@H]2C=C[C@H]3C2)c1)Nc1cccc(Cl)c1Cl. The molecule has 3 aliphatic rings. The van der Waals surface area contributed by atoms with Crippen LogP contribution in [0.25, 0.3) is 0 Å². The molecule has 9 heteroatoms. The molecule has 0 unspecified atom stereocenters. The lowest BCUT2D eigenvalue weighted by molar-refractivity contribution is -0.123. The summed E-state index contributed by atoms with van der Waals surface area (Å²) in [7, 11) is 0. The number of allylic oxidation sites excluding steroid dienone is 2. The molecule has 1 N–H and O–H groups in total. The van der Waals surface area contributed by atoms with Gasteiger partial charge in [-0.1, -0.05) is 47.5 Å². The standard InChI is InChI=1S/C24H18Cl2N2O5/c25-16-5-2-6-17(21(16)26)27-18(29)11-33-24(32)14-3-1-4-15(10-14)28-22(30)19-12-7-8-13(9-12)20(19)23(28)31/h1-8,10,12-13,19-20H,9,11H2,(H,27,29)/t12-,13-,19-,20+/m0/s1. The summed E-state index contributed by atoms with van der Waals surface area (Å²) in [6.07, 6.45) is 4.89. The molecule has 5 rings (SSSR count). The second-order valence-corrected chi connectivity index (χ2v) is 9.07. The first kappa shape index (κ1) is 21.7. The van der Waals surface area contributed by atoms with E-state index < -0.39 is 18.5 Å². The second-order valence-electron chi connectivity index (χ2n) is 8.29. The van der Waals surface area contributed by atoms with Crippen LogP contribution >= 0.6 is 23.2 Å². The molecule has 0 aromatic heterocycles. The van der Waals surface area contributed by atoms with Gasteiger partial charge in [-0.3, -0.25) is 14.4 Å². The molecule has 0 spiro atoms. The van der Waals surface area contributed by atoms with Crippen LogP contribution in [-0.2, 0) is 19.1 Å². The van der Waals surface area contributed by atoms with Gasteiger partial charge in [0.1, 0.15) is 0 Å². The van der Waals surface area contributed by atoms with Gasteiger partial charge < -0.3 is 10.1 Å². The lowest BCUT2D eigenvalue weighted by Crippen LogP contribution is -2.33. The number of fused-ring (bicyclic) bond motifs is 5. The molecule has 2 aliphatic carbocycles. The molecule has 2 aromatic rings. The molecule has 1 saturated heterocycles. The number of rotatable bonds is 5. The molecule has 0 radical (unpaired) electrons. The maximum atomic E-state index is 13.0. The van der Waals surface area contributed by atoms with E-state index in [2.05, 4.69) is 5.32 Å². The fourth-order valence-electron chi connectivity index (χ4n) is 4.93. The minimum Gasteiger partial charge on any atom is -0.452 e. The first-order chi connectivity index (χ1) is 15.8. The van der Waals surface area contributed by atoms with Crippen LogP contribution in [0.4, 0.5) is 11.4 Å². The highest BCUT2D eigenvalue weighted by molar-refractivity contribution is 6.44. The summed E-state index contributed by atoms with van der Waals surface area (Å²) < 4.78 is 5.10. The predicted molar refractivity (Wildman–Crippen MR) is 122 cm³/mol. The van der Waals surface area contributed by atoms with Gasteiger partial charge in [0.2, 0.25) is 11.8 Å². The average molecular weight is 485 g/mol. The smallest absolute Gasteiger partial charge is 0.338 e.